The van der Waals surface area contributed by atoms with Crippen LogP contribution in [-0.2, 0) is 0 Å². The molecule has 0 N–H and O–H groups in total. The zero-order chi connectivity index (χ0) is 46.4. The minimum atomic E-state index is 0.573. The van der Waals surface area contributed by atoms with Crippen LogP contribution in [0.25, 0.3) is 66.8 Å². The molecule has 0 unspecified atom stereocenters. The van der Waals surface area contributed by atoms with Crippen molar-refractivity contribution in [2.24, 2.45) is 0 Å². The zero-order valence-electron chi connectivity index (χ0n) is 37.6. The quantitative estimate of drug-likeness (QED) is 0.122. The number of aromatic nitrogens is 2. The summed E-state index contributed by atoms with van der Waals surface area (Å²) in [5.74, 6) is 0. The number of pyridine rings is 2. The first-order chi connectivity index (χ1) is 34.2. The average molecular weight is 906 g/mol. The lowest BCUT2D eigenvalue weighted by Gasteiger charge is -2.33. The Morgan fingerprint density at radius 2 is 0.522 bits per heavy atom. The largest absolute Gasteiger partial charge is 0.309 e. The first kappa shape index (κ1) is 42.8. The van der Waals surface area contributed by atoms with Crippen LogP contribution in [0.1, 0.15) is 0 Å². The second-order valence-electron chi connectivity index (χ2n) is 16.8. The maximum absolute atomic E-state index is 7.59. The van der Waals surface area contributed by atoms with Gasteiger partial charge in [-0.1, -0.05) is 218 Å². The Morgan fingerprint density at radius 1 is 0.246 bits per heavy atom. The number of rotatable bonds is 12. The van der Waals surface area contributed by atoms with Gasteiger partial charge < -0.3 is 9.80 Å². The van der Waals surface area contributed by atoms with Gasteiger partial charge in [0.05, 0.1) is 11.4 Å². The topological polar surface area (TPSA) is 32.3 Å². The molecule has 0 amide bonds. The van der Waals surface area contributed by atoms with Crippen LogP contribution >= 0.6 is 11.6 Å². The fourth-order valence-electron chi connectivity index (χ4n) is 9.25. The summed E-state index contributed by atoms with van der Waals surface area (Å²) >= 11 is 7.59. The third-order valence-corrected chi connectivity index (χ3v) is 12.6. The summed E-state index contributed by atoms with van der Waals surface area (Å²) in [5.41, 5.74) is 18.1. The van der Waals surface area contributed by atoms with E-state index in [1.54, 1.807) is 0 Å². The summed E-state index contributed by atoms with van der Waals surface area (Å²) in [6.45, 7) is 0. The summed E-state index contributed by atoms with van der Waals surface area (Å²) in [5, 5.41) is 0.573. The summed E-state index contributed by atoms with van der Waals surface area (Å²) in [7, 11) is 0. The smallest absolute Gasteiger partial charge is 0.0649 e. The van der Waals surface area contributed by atoms with Gasteiger partial charge in [0.25, 0.3) is 0 Å². The Morgan fingerprint density at radius 3 is 0.826 bits per heavy atom. The standard InChI is InChI=1S/C64H45ClN4/c65-54-39-57(68(55-35-19-33-52(37-55)46-21-7-1-8-22-46)63-59(48-25-11-3-12-26-48)42-66-43-60(63)49-27-13-4-14-28-49)41-58(40-54)69(56-36-20-34-53(38-56)47-23-9-2-10-24-47)64-61(50-29-15-5-16-30-50)44-67-45-62(64)51-31-17-6-18-32-51/h1-45H. The fourth-order valence-corrected chi connectivity index (χ4v) is 9.47. The molecule has 9 aromatic carbocycles. The van der Waals surface area contributed by atoms with Crippen molar-refractivity contribution in [2.45, 2.75) is 0 Å². The highest BCUT2D eigenvalue weighted by Gasteiger charge is 2.27. The molecule has 0 bridgehead atoms. The number of halogens is 1. The molecule has 0 aliphatic heterocycles. The highest BCUT2D eigenvalue weighted by atomic mass is 35.5. The van der Waals surface area contributed by atoms with Gasteiger partial charge in [0.1, 0.15) is 0 Å². The van der Waals surface area contributed by atoms with Crippen LogP contribution in [-0.4, -0.2) is 9.97 Å². The second kappa shape index (κ2) is 19.6. The number of hydrogen-bond donors (Lipinski definition) is 0. The molecule has 2 heterocycles. The highest BCUT2D eigenvalue weighted by molar-refractivity contribution is 6.31. The van der Waals surface area contributed by atoms with Gasteiger partial charge in [-0.2, -0.15) is 0 Å². The Kier molecular flexibility index (Phi) is 12.1. The van der Waals surface area contributed by atoms with E-state index in [4.69, 9.17) is 21.6 Å². The zero-order valence-corrected chi connectivity index (χ0v) is 38.4. The van der Waals surface area contributed by atoms with E-state index in [-0.39, 0.29) is 0 Å². The Labute approximate surface area is 408 Å². The van der Waals surface area contributed by atoms with E-state index < -0.39 is 0 Å². The molecule has 5 heteroatoms. The van der Waals surface area contributed by atoms with E-state index >= 15 is 0 Å². The molecule has 69 heavy (non-hydrogen) atoms. The molecular weight excluding hydrogens is 860 g/mol. The van der Waals surface area contributed by atoms with Crippen molar-refractivity contribution in [1.29, 1.82) is 0 Å². The SMILES string of the molecule is Clc1cc(N(c2cccc(-c3ccccc3)c2)c2c(-c3ccccc3)cncc2-c2ccccc2)cc(N(c2cccc(-c3ccccc3)c2)c2c(-c3ccccc3)cncc2-c2ccccc2)c1. The molecule has 0 saturated heterocycles. The highest BCUT2D eigenvalue weighted by Crippen LogP contribution is 2.51. The van der Waals surface area contributed by atoms with Crippen LogP contribution < -0.4 is 9.80 Å². The number of nitrogens with zero attached hydrogens (tertiary/aromatic N) is 4. The molecule has 0 saturated carbocycles. The van der Waals surface area contributed by atoms with Gasteiger partial charge in [0.15, 0.2) is 0 Å². The van der Waals surface area contributed by atoms with E-state index in [1.165, 1.54) is 0 Å². The Balaban J connectivity index is 1.23. The summed E-state index contributed by atoms with van der Waals surface area (Å²) in [6.07, 6.45) is 7.92. The first-order valence-corrected chi connectivity index (χ1v) is 23.4. The molecule has 11 aromatic rings. The van der Waals surface area contributed by atoms with E-state index in [1.807, 2.05) is 24.8 Å². The van der Waals surface area contributed by atoms with E-state index in [0.29, 0.717) is 5.02 Å². The van der Waals surface area contributed by atoms with Crippen molar-refractivity contribution in [2.75, 3.05) is 9.80 Å². The third kappa shape index (κ3) is 8.93. The van der Waals surface area contributed by atoms with Gasteiger partial charge >= 0.3 is 0 Å². The van der Waals surface area contributed by atoms with Crippen LogP contribution in [0, 0.1) is 0 Å². The molecule has 11 rings (SSSR count). The number of anilines is 6. The molecule has 0 fully saturated rings. The van der Waals surface area contributed by atoms with Gasteiger partial charge in [-0.3, -0.25) is 9.97 Å². The van der Waals surface area contributed by atoms with E-state index in [9.17, 15) is 0 Å². The van der Waals surface area contributed by atoms with Crippen molar-refractivity contribution < 1.29 is 0 Å². The maximum atomic E-state index is 7.59. The molecule has 0 spiro atoms. The van der Waals surface area contributed by atoms with E-state index in [0.717, 1.165) is 101 Å². The minimum absolute atomic E-state index is 0.573. The summed E-state index contributed by atoms with van der Waals surface area (Å²) in [4.78, 5) is 14.6. The molecule has 328 valence electrons. The Hall–Kier alpha value is -8.83. The molecule has 0 radical (unpaired) electrons. The molecule has 0 atom stereocenters. The third-order valence-electron chi connectivity index (χ3n) is 12.4. The predicted octanol–water partition coefficient (Wildman–Crippen LogP) is 18.1. The maximum Gasteiger partial charge on any atom is 0.0649 e. The van der Waals surface area contributed by atoms with Crippen LogP contribution in [0.15, 0.2) is 274 Å². The molecule has 0 aliphatic rings. The minimum Gasteiger partial charge on any atom is -0.309 e. The van der Waals surface area contributed by atoms with E-state index in [2.05, 4.69) is 259 Å². The first-order valence-electron chi connectivity index (χ1n) is 23.1. The van der Waals surface area contributed by atoms with Crippen molar-refractivity contribution in [1.82, 2.24) is 9.97 Å². The van der Waals surface area contributed by atoms with Crippen LogP contribution in [0.2, 0.25) is 5.02 Å². The second-order valence-corrected chi connectivity index (χ2v) is 17.2. The van der Waals surface area contributed by atoms with Crippen LogP contribution in [0.5, 0.6) is 0 Å². The summed E-state index contributed by atoms with van der Waals surface area (Å²) in [6, 6.07) is 87.1. The number of hydrogen-bond acceptors (Lipinski definition) is 4. The molecular formula is C64H45ClN4. The van der Waals surface area contributed by atoms with Gasteiger partial charge in [0, 0.05) is 74.8 Å². The predicted molar refractivity (Wildman–Crippen MR) is 289 cm³/mol. The average Bonchev–Trinajstić information content (AvgIpc) is 3.42. The van der Waals surface area contributed by atoms with Gasteiger partial charge in [-0.05, 0) is 87.0 Å². The monoisotopic (exact) mass is 904 g/mol. The van der Waals surface area contributed by atoms with Crippen molar-refractivity contribution in [3.05, 3.63) is 279 Å². The lowest BCUT2D eigenvalue weighted by atomic mass is 9.95. The number of benzene rings is 9. The van der Waals surface area contributed by atoms with Gasteiger partial charge in [-0.25, -0.2) is 0 Å². The van der Waals surface area contributed by atoms with Crippen molar-refractivity contribution >= 4 is 45.7 Å². The normalized spacial score (nSPS) is 11.0. The fraction of sp³-hybridized carbons (Fsp3) is 0. The van der Waals surface area contributed by atoms with Gasteiger partial charge in [-0.15, -0.1) is 0 Å². The van der Waals surface area contributed by atoms with Crippen LogP contribution in [0.4, 0.5) is 34.1 Å². The molecule has 4 nitrogen and oxygen atoms in total. The van der Waals surface area contributed by atoms with Crippen molar-refractivity contribution in [3.8, 4) is 66.8 Å². The Bertz CT molecular complexity index is 3150. The molecule has 2 aromatic heterocycles. The lowest BCUT2D eigenvalue weighted by molar-refractivity contribution is 1.22. The summed E-state index contributed by atoms with van der Waals surface area (Å²) < 4.78 is 0. The van der Waals surface area contributed by atoms with Crippen molar-refractivity contribution in [3.63, 3.8) is 0 Å². The van der Waals surface area contributed by atoms with Gasteiger partial charge in [0.2, 0.25) is 0 Å². The van der Waals surface area contributed by atoms with Crippen LogP contribution in [0.3, 0.4) is 0 Å². The lowest BCUT2D eigenvalue weighted by Crippen LogP contribution is -2.16. The molecule has 0 aliphatic carbocycles.